The van der Waals surface area contributed by atoms with E-state index in [0.29, 0.717) is 19.6 Å². The van der Waals surface area contributed by atoms with E-state index in [1.807, 2.05) is 6.92 Å². The van der Waals surface area contributed by atoms with Crippen LogP contribution in [-0.2, 0) is 6.54 Å². The van der Waals surface area contributed by atoms with Crippen LogP contribution in [0.1, 0.15) is 13.3 Å². The third kappa shape index (κ3) is 1.93. The molecule has 2 heterocycles. The molecule has 1 saturated heterocycles. The van der Waals surface area contributed by atoms with Crippen LogP contribution < -0.4 is 21.9 Å². The van der Waals surface area contributed by atoms with Gasteiger partial charge in [0.05, 0.1) is 6.10 Å². The van der Waals surface area contributed by atoms with Gasteiger partial charge in [-0.2, -0.15) is 0 Å². The van der Waals surface area contributed by atoms with Crippen LogP contribution in [0.4, 0.5) is 11.5 Å². The highest BCUT2D eigenvalue weighted by molar-refractivity contribution is 5.63. The van der Waals surface area contributed by atoms with Crippen molar-refractivity contribution in [2.24, 2.45) is 0 Å². The molecule has 0 amide bonds. The van der Waals surface area contributed by atoms with Crippen LogP contribution in [0.25, 0.3) is 0 Å². The van der Waals surface area contributed by atoms with Gasteiger partial charge in [0.25, 0.3) is 5.56 Å². The molecule has 7 nitrogen and oxygen atoms in total. The number of rotatable bonds is 3. The van der Waals surface area contributed by atoms with E-state index < -0.39 is 17.4 Å². The molecule has 0 bridgehead atoms. The quantitative estimate of drug-likeness (QED) is 0.609. The van der Waals surface area contributed by atoms with Gasteiger partial charge in [0.1, 0.15) is 11.5 Å². The number of aromatic amines is 1. The minimum absolute atomic E-state index is 0.174. The maximum Gasteiger partial charge on any atom is 0.330 e. The van der Waals surface area contributed by atoms with Gasteiger partial charge < -0.3 is 15.7 Å². The van der Waals surface area contributed by atoms with Gasteiger partial charge in [-0.3, -0.25) is 14.3 Å². The van der Waals surface area contributed by atoms with Gasteiger partial charge in [0.15, 0.2) is 0 Å². The Morgan fingerprint density at radius 2 is 2.12 bits per heavy atom. The van der Waals surface area contributed by atoms with Crippen LogP contribution >= 0.6 is 0 Å². The molecular weight excluding hydrogens is 224 g/mol. The van der Waals surface area contributed by atoms with E-state index in [9.17, 15) is 14.7 Å². The summed E-state index contributed by atoms with van der Waals surface area (Å²) in [6, 6.07) is 0. The Labute approximate surface area is 97.5 Å². The van der Waals surface area contributed by atoms with Crippen molar-refractivity contribution in [1.82, 2.24) is 9.55 Å². The summed E-state index contributed by atoms with van der Waals surface area (Å²) in [5.74, 6) is 0.174. The van der Waals surface area contributed by atoms with Crippen molar-refractivity contribution in [2.45, 2.75) is 26.0 Å². The molecule has 0 spiro atoms. The number of hydrogen-bond acceptors (Lipinski definition) is 5. The second-order valence-electron chi connectivity index (χ2n) is 4.20. The highest BCUT2D eigenvalue weighted by Crippen LogP contribution is 2.21. The minimum Gasteiger partial charge on any atom is -0.389 e. The number of aliphatic hydroxyl groups is 1. The molecule has 1 aromatic heterocycles. The number of nitrogens with one attached hydrogen (secondary N) is 1. The van der Waals surface area contributed by atoms with Crippen molar-refractivity contribution in [3.63, 3.8) is 0 Å². The number of aliphatic hydroxyl groups excluding tert-OH is 1. The fourth-order valence-corrected chi connectivity index (χ4v) is 1.97. The SMILES string of the molecule is CCCn1c(N)c(N2CC(O)C2)c(=O)[nH]c1=O. The lowest BCUT2D eigenvalue weighted by Gasteiger charge is -2.37. The number of nitrogens with zero attached hydrogens (tertiary/aromatic N) is 2. The normalized spacial score (nSPS) is 16.0. The van der Waals surface area contributed by atoms with Gasteiger partial charge in [-0.25, -0.2) is 4.79 Å². The summed E-state index contributed by atoms with van der Waals surface area (Å²) < 4.78 is 1.35. The summed E-state index contributed by atoms with van der Waals surface area (Å²) in [5.41, 5.74) is 5.15. The maximum absolute atomic E-state index is 11.7. The van der Waals surface area contributed by atoms with Gasteiger partial charge in [0.2, 0.25) is 0 Å². The van der Waals surface area contributed by atoms with Crippen LogP contribution in [0.3, 0.4) is 0 Å². The molecule has 1 aliphatic heterocycles. The predicted octanol–water partition coefficient (Wildman–Crippen LogP) is -1.29. The Bertz CT molecular complexity index is 527. The highest BCUT2D eigenvalue weighted by Gasteiger charge is 2.29. The molecule has 0 atom stereocenters. The molecule has 0 aliphatic carbocycles. The minimum atomic E-state index is -0.494. The van der Waals surface area contributed by atoms with E-state index in [-0.39, 0.29) is 11.5 Å². The Kier molecular flexibility index (Phi) is 2.93. The second-order valence-corrected chi connectivity index (χ2v) is 4.20. The van der Waals surface area contributed by atoms with Crippen molar-refractivity contribution >= 4 is 11.5 Å². The zero-order valence-electron chi connectivity index (χ0n) is 9.64. The van der Waals surface area contributed by atoms with Crippen molar-refractivity contribution in [3.8, 4) is 0 Å². The fraction of sp³-hybridized carbons (Fsp3) is 0.600. The van der Waals surface area contributed by atoms with Crippen LogP contribution in [0.5, 0.6) is 0 Å². The summed E-state index contributed by atoms with van der Waals surface area (Å²) >= 11 is 0. The molecule has 0 saturated carbocycles. The maximum atomic E-state index is 11.7. The molecule has 4 N–H and O–H groups in total. The van der Waals surface area contributed by atoms with Crippen molar-refractivity contribution in [3.05, 3.63) is 20.8 Å². The lowest BCUT2D eigenvalue weighted by atomic mass is 10.1. The summed E-state index contributed by atoms with van der Waals surface area (Å²) in [4.78, 5) is 27.2. The van der Waals surface area contributed by atoms with Gasteiger partial charge >= 0.3 is 5.69 Å². The molecule has 1 fully saturated rings. The molecule has 7 heteroatoms. The summed E-state index contributed by atoms with van der Waals surface area (Å²) in [6.07, 6.45) is 0.318. The predicted molar refractivity (Wildman–Crippen MR) is 64.2 cm³/mol. The molecule has 2 rings (SSSR count). The molecular formula is C10H16N4O3. The Hall–Kier alpha value is -1.76. The number of anilines is 2. The summed E-state index contributed by atoms with van der Waals surface area (Å²) in [7, 11) is 0. The molecule has 0 aromatic carbocycles. The number of hydrogen-bond donors (Lipinski definition) is 3. The number of β-amino-alcohol motifs (C(OH)–C–C–N with tert-alkyl or cyclic N) is 1. The summed E-state index contributed by atoms with van der Waals surface area (Å²) in [5, 5.41) is 9.23. The van der Waals surface area contributed by atoms with Crippen LogP contribution in [-0.4, -0.2) is 33.9 Å². The first-order chi connectivity index (χ1) is 8.04. The zero-order chi connectivity index (χ0) is 12.6. The smallest absolute Gasteiger partial charge is 0.330 e. The van der Waals surface area contributed by atoms with Crippen molar-refractivity contribution < 1.29 is 5.11 Å². The zero-order valence-corrected chi connectivity index (χ0v) is 9.64. The van der Waals surface area contributed by atoms with Gasteiger partial charge in [0, 0.05) is 19.6 Å². The topological polar surface area (TPSA) is 104 Å². The van der Waals surface area contributed by atoms with E-state index in [4.69, 9.17) is 5.73 Å². The standard InChI is InChI=1S/C10H16N4O3/c1-2-3-14-8(11)7(9(16)12-10(14)17)13-4-6(15)5-13/h6,15H,2-5,11H2,1H3,(H,12,16,17). The molecule has 94 valence electrons. The second kappa shape index (κ2) is 4.25. The van der Waals surface area contributed by atoms with Crippen LogP contribution in [0.15, 0.2) is 9.59 Å². The van der Waals surface area contributed by atoms with Crippen molar-refractivity contribution in [1.29, 1.82) is 0 Å². The average Bonchev–Trinajstić information content (AvgIpc) is 2.21. The molecule has 17 heavy (non-hydrogen) atoms. The van der Waals surface area contributed by atoms with Gasteiger partial charge in [-0.05, 0) is 6.42 Å². The number of nitrogen functional groups attached to an aromatic ring is 1. The average molecular weight is 240 g/mol. The van der Waals surface area contributed by atoms with Crippen LogP contribution in [0, 0.1) is 0 Å². The van der Waals surface area contributed by atoms with Gasteiger partial charge in [-0.15, -0.1) is 0 Å². The lowest BCUT2D eigenvalue weighted by Crippen LogP contribution is -2.53. The fourth-order valence-electron chi connectivity index (χ4n) is 1.97. The number of nitrogens with two attached hydrogens (primary N) is 1. The molecule has 1 aliphatic rings. The first kappa shape index (κ1) is 11.7. The monoisotopic (exact) mass is 240 g/mol. The van der Waals surface area contributed by atoms with Crippen LogP contribution in [0.2, 0.25) is 0 Å². The lowest BCUT2D eigenvalue weighted by molar-refractivity contribution is 0.141. The van der Waals surface area contributed by atoms with E-state index in [1.54, 1.807) is 4.90 Å². The summed E-state index contributed by atoms with van der Waals surface area (Å²) in [6.45, 7) is 3.13. The molecule has 0 radical (unpaired) electrons. The first-order valence-electron chi connectivity index (χ1n) is 5.60. The van der Waals surface area contributed by atoms with Crippen molar-refractivity contribution in [2.75, 3.05) is 23.7 Å². The van der Waals surface area contributed by atoms with E-state index >= 15 is 0 Å². The number of aromatic nitrogens is 2. The van der Waals surface area contributed by atoms with E-state index in [0.717, 1.165) is 6.42 Å². The van der Waals surface area contributed by atoms with Gasteiger partial charge in [-0.1, -0.05) is 6.92 Å². The Morgan fingerprint density at radius 1 is 1.47 bits per heavy atom. The van der Waals surface area contributed by atoms with E-state index in [2.05, 4.69) is 4.98 Å². The third-order valence-electron chi connectivity index (χ3n) is 2.84. The first-order valence-corrected chi connectivity index (χ1v) is 5.60. The Morgan fingerprint density at radius 3 is 2.65 bits per heavy atom. The Balaban J connectivity index is 2.48. The third-order valence-corrected chi connectivity index (χ3v) is 2.84. The number of H-pyrrole nitrogens is 1. The largest absolute Gasteiger partial charge is 0.389 e. The van der Waals surface area contributed by atoms with E-state index in [1.165, 1.54) is 4.57 Å². The molecule has 0 unspecified atom stereocenters. The highest BCUT2D eigenvalue weighted by atomic mass is 16.3. The molecule has 1 aromatic rings.